The number of nitrogens with zero attached hydrogens (tertiary/aromatic N) is 4. The molecule has 2 aromatic carbocycles. The second-order valence-electron chi connectivity index (χ2n) is 10.8. The number of carbonyl (C=O) groups is 4. The summed E-state index contributed by atoms with van der Waals surface area (Å²) in [6.45, 7) is 5.60. The van der Waals surface area contributed by atoms with Gasteiger partial charge in [-0.15, -0.1) is 0 Å². The zero-order valence-electron chi connectivity index (χ0n) is 26.9. The quantitative estimate of drug-likeness (QED) is 0.142. The topological polar surface area (TPSA) is 204 Å². The van der Waals surface area contributed by atoms with E-state index in [9.17, 15) is 39.4 Å². The molecule has 2 aromatic rings. The Bertz CT molecular complexity index is 1550. The third-order valence-corrected chi connectivity index (χ3v) is 8.66. The molecule has 2 fully saturated rings. The molecule has 2 N–H and O–H groups in total. The maximum Gasteiger partial charge on any atom is 0.324 e. The number of esters is 2. The Kier molecular flexibility index (Phi) is 13.0. The fraction of sp³-hybridized carbons (Fsp3) is 0.375. The van der Waals surface area contributed by atoms with E-state index in [0.29, 0.717) is 37.3 Å². The molecule has 2 aliphatic heterocycles. The highest BCUT2D eigenvalue weighted by Gasteiger charge is 2.29. The van der Waals surface area contributed by atoms with Crippen LogP contribution in [0.4, 0.5) is 11.4 Å². The summed E-state index contributed by atoms with van der Waals surface area (Å²) >= 11 is 0.840. The Labute approximate surface area is 285 Å². The maximum absolute atomic E-state index is 12.8. The average Bonchev–Trinajstić information content (AvgIpc) is 3.10. The number of ether oxygens (including phenoxy) is 2. The van der Waals surface area contributed by atoms with Crippen molar-refractivity contribution in [2.75, 3.05) is 52.5 Å². The van der Waals surface area contributed by atoms with Crippen LogP contribution in [-0.4, -0.2) is 108 Å². The van der Waals surface area contributed by atoms with Crippen LogP contribution >= 0.6 is 11.8 Å². The van der Waals surface area contributed by atoms with E-state index in [4.69, 9.17) is 9.47 Å². The minimum atomic E-state index is -0.649. The normalized spacial score (nSPS) is 18.0. The van der Waals surface area contributed by atoms with Crippen molar-refractivity contribution in [3.8, 4) is 0 Å². The number of piperazine rings is 2. The predicted octanol–water partition coefficient (Wildman–Crippen LogP) is 2.41. The molecule has 17 heteroatoms. The summed E-state index contributed by atoms with van der Waals surface area (Å²) in [5.41, 5.74) is 0.0914. The van der Waals surface area contributed by atoms with Gasteiger partial charge < -0.3 is 29.9 Å². The Morgan fingerprint density at radius 3 is 1.55 bits per heavy atom. The number of carbonyl (C=O) groups excluding carboxylic acids is 4. The van der Waals surface area contributed by atoms with Gasteiger partial charge in [-0.2, -0.15) is 0 Å². The number of nitro benzene ring substituents is 2. The van der Waals surface area contributed by atoms with Gasteiger partial charge in [-0.1, -0.05) is 23.9 Å². The average molecular weight is 697 g/mol. The number of hydrogen-bond donors (Lipinski definition) is 2. The fourth-order valence-corrected chi connectivity index (χ4v) is 6.09. The van der Waals surface area contributed by atoms with Gasteiger partial charge in [0.15, 0.2) is 0 Å². The Morgan fingerprint density at radius 2 is 1.18 bits per heavy atom. The van der Waals surface area contributed by atoms with E-state index in [1.54, 1.807) is 26.0 Å². The van der Waals surface area contributed by atoms with Crippen LogP contribution < -0.4 is 10.6 Å². The molecule has 4 rings (SSSR count). The number of amides is 2. The van der Waals surface area contributed by atoms with E-state index in [2.05, 4.69) is 10.6 Å². The Morgan fingerprint density at radius 1 is 0.776 bits per heavy atom. The molecule has 2 aliphatic rings. The Balaban J connectivity index is 1.45. The first-order chi connectivity index (χ1) is 23.5. The lowest BCUT2D eigenvalue weighted by Crippen LogP contribution is -2.55. The number of hydrogen-bond acceptors (Lipinski definition) is 13. The first kappa shape index (κ1) is 36.7. The lowest BCUT2D eigenvalue weighted by Gasteiger charge is -2.31. The highest BCUT2D eigenvalue weighted by molar-refractivity contribution is 7.99. The molecular weight excluding hydrogens is 660 g/mol. The van der Waals surface area contributed by atoms with Crippen molar-refractivity contribution in [3.05, 3.63) is 79.9 Å². The first-order valence-corrected chi connectivity index (χ1v) is 16.3. The van der Waals surface area contributed by atoms with E-state index in [1.165, 1.54) is 58.4 Å². The summed E-state index contributed by atoms with van der Waals surface area (Å²) in [6.07, 6.45) is 5.38. The van der Waals surface area contributed by atoms with Gasteiger partial charge in [0.25, 0.3) is 11.4 Å². The lowest BCUT2D eigenvalue weighted by atomic mass is 10.1. The zero-order valence-corrected chi connectivity index (χ0v) is 27.7. The van der Waals surface area contributed by atoms with Gasteiger partial charge >= 0.3 is 11.9 Å². The van der Waals surface area contributed by atoms with Crippen LogP contribution in [0.2, 0.25) is 0 Å². The minimum absolute atomic E-state index is 0.120. The van der Waals surface area contributed by atoms with E-state index < -0.39 is 33.9 Å². The molecule has 2 heterocycles. The van der Waals surface area contributed by atoms with Crippen LogP contribution in [0.15, 0.2) is 58.3 Å². The van der Waals surface area contributed by atoms with E-state index in [0.717, 1.165) is 11.8 Å². The van der Waals surface area contributed by atoms with Gasteiger partial charge in [-0.3, -0.25) is 39.4 Å². The van der Waals surface area contributed by atoms with E-state index in [-0.39, 0.29) is 59.3 Å². The second kappa shape index (κ2) is 17.3. The molecule has 16 nitrogen and oxygen atoms in total. The molecule has 2 unspecified atom stereocenters. The molecule has 2 atom stereocenters. The van der Waals surface area contributed by atoms with Crippen molar-refractivity contribution in [3.63, 3.8) is 0 Å². The summed E-state index contributed by atoms with van der Waals surface area (Å²) in [5, 5.41) is 30.0. The molecule has 0 spiro atoms. The predicted molar refractivity (Wildman–Crippen MR) is 178 cm³/mol. The van der Waals surface area contributed by atoms with Crippen molar-refractivity contribution in [2.24, 2.45) is 0 Å². The highest BCUT2D eigenvalue weighted by atomic mass is 32.2. The molecule has 0 radical (unpaired) electrons. The maximum atomic E-state index is 12.8. The largest absolute Gasteiger partial charge is 0.465 e. The van der Waals surface area contributed by atoms with Gasteiger partial charge in [-0.05, 0) is 49.3 Å². The summed E-state index contributed by atoms with van der Waals surface area (Å²) in [6, 6.07) is 7.23. The van der Waals surface area contributed by atoms with Crippen molar-refractivity contribution in [1.29, 1.82) is 0 Å². The highest BCUT2D eigenvalue weighted by Crippen LogP contribution is 2.40. The van der Waals surface area contributed by atoms with Crippen molar-refractivity contribution in [1.82, 2.24) is 20.4 Å². The molecule has 0 bridgehead atoms. The van der Waals surface area contributed by atoms with E-state index in [1.807, 2.05) is 0 Å². The van der Waals surface area contributed by atoms with Gasteiger partial charge in [0.1, 0.15) is 12.1 Å². The minimum Gasteiger partial charge on any atom is -0.465 e. The van der Waals surface area contributed by atoms with Gasteiger partial charge in [-0.25, -0.2) is 0 Å². The smallest absolute Gasteiger partial charge is 0.324 e. The molecule has 0 aromatic heterocycles. The van der Waals surface area contributed by atoms with Crippen LogP contribution in [0.1, 0.15) is 25.0 Å². The molecule has 49 heavy (non-hydrogen) atoms. The third-order valence-electron chi connectivity index (χ3n) is 7.53. The number of nitrogens with one attached hydrogen (secondary N) is 2. The molecule has 2 amide bonds. The van der Waals surface area contributed by atoms with E-state index >= 15 is 0 Å². The summed E-state index contributed by atoms with van der Waals surface area (Å²) in [4.78, 5) is 75.7. The SMILES string of the molecule is CCOC(=O)C1CN(C(=O)/C=C/c2ccc(Sc3ccc(/C=C/C(=O)N4CCNC(C(=O)OCC)C4)cc3[N+](=O)[O-])c([N+](=O)[O-])c2)CCN1. The van der Waals surface area contributed by atoms with Crippen molar-refractivity contribution in [2.45, 2.75) is 35.7 Å². The van der Waals surface area contributed by atoms with Crippen molar-refractivity contribution >= 4 is 59.0 Å². The summed E-state index contributed by atoms with van der Waals surface area (Å²) < 4.78 is 10.0. The molecule has 2 saturated heterocycles. The van der Waals surface area contributed by atoms with Crippen LogP contribution in [0, 0.1) is 20.2 Å². The second-order valence-corrected chi connectivity index (χ2v) is 11.9. The number of rotatable bonds is 12. The number of benzene rings is 2. The standard InChI is InChI=1S/C32H36N6O10S/c1-3-47-31(41)23-19-35(15-13-33-23)29(39)11-7-21-5-9-27(25(17-21)37(43)44)49-28-10-6-22(18-26(28)38(45)46)8-12-30(40)36-16-14-34-24(20-36)32(42)48-4-2/h5-12,17-18,23-24,33-34H,3-4,13-16,19-20H2,1-2H3/b11-7+,12-8+. The fourth-order valence-electron chi connectivity index (χ4n) is 5.10. The summed E-state index contributed by atoms with van der Waals surface area (Å²) in [7, 11) is 0. The van der Waals surface area contributed by atoms with Crippen molar-refractivity contribution < 1.29 is 38.5 Å². The molecule has 0 aliphatic carbocycles. The molecule has 0 saturated carbocycles. The number of nitro groups is 2. The Hall–Kier alpha value is -5.13. The van der Waals surface area contributed by atoms with Crippen LogP contribution in [-0.2, 0) is 28.7 Å². The third kappa shape index (κ3) is 9.94. The van der Waals surface area contributed by atoms with Crippen LogP contribution in [0.5, 0.6) is 0 Å². The zero-order chi connectivity index (χ0) is 35.5. The van der Waals surface area contributed by atoms with Gasteiger partial charge in [0.2, 0.25) is 11.8 Å². The molecular formula is C32H36N6O10S. The summed E-state index contributed by atoms with van der Waals surface area (Å²) in [5.74, 6) is -1.66. The van der Waals surface area contributed by atoms with Crippen LogP contribution in [0.25, 0.3) is 12.2 Å². The van der Waals surface area contributed by atoms with Gasteiger partial charge in [0.05, 0.1) is 32.9 Å². The molecule has 260 valence electrons. The monoisotopic (exact) mass is 696 g/mol. The lowest BCUT2D eigenvalue weighted by molar-refractivity contribution is -0.388. The van der Waals surface area contributed by atoms with Crippen LogP contribution in [0.3, 0.4) is 0 Å². The first-order valence-electron chi connectivity index (χ1n) is 15.5. The van der Waals surface area contributed by atoms with Gasteiger partial charge in [0, 0.05) is 63.6 Å².